The molecule has 0 saturated carbocycles. The molecule has 0 saturated heterocycles. The number of nitriles is 1. The summed E-state index contributed by atoms with van der Waals surface area (Å²) in [6.07, 6.45) is 25.2. The van der Waals surface area contributed by atoms with Gasteiger partial charge in [0.05, 0.1) is 30.5 Å². The number of carbonyl (C=O) groups is 1. The molecule has 6 nitrogen and oxygen atoms in total. The van der Waals surface area contributed by atoms with Gasteiger partial charge >= 0.3 is 0 Å². The third-order valence-corrected chi connectivity index (χ3v) is 8.20. The van der Waals surface area contributed by atoms with Crippen molar-refractivity contribution in [1.29, 1.82) is 5.26 Å². The van der Waals surface area contributed by atoms with Gasteiger partial charge in [0.25, 0.3) is 5.91 Å². The van der Waals surface area contributed by atoms with E-state index in [-0.39, 0.29) is 11.1 Å². The maximum absolute atomic E-state index is 13.1. The summed E-state index contributed by atoms with van der Waals surface area (Å²) in [7, 11) is 0. The molecular formula is C39H58N2O4. The van der Waals surface area contributed by atoms with Crippen molar-refractivity contribution in [3.63, 3.8) is 0 Å². The third-order valence-electron chi connectivity index (χ3n) is 8.20. The molecule has 0 atom stereocenters. The number of ether oxygens (including phenoxy) is 2. The standard InChI is InChI=1S/C39H58N2O4/c1-3-5-7-9-11-13-15-17-19-21-29-44-37-28-25-34(39(43)41-35-26-23-33(32-40)24-27-36(35)42)31-38(37)45-30-22-20-18-16-14-12-10-8-6-4-2/h23-28,31H,3-22,29-30H2,1-2H3,(H,41,42,43). The van der Waals surface area contributed by atoms with Crippen LogP contribution < -0.4 is 20.2 Å². The molecule has 2 aromatic rings. The lowest BCUT2D eigenvalue weighted by Crippen LogP contribution is -2.17. The van der Waals surface area contributed by atoms with Crippen LogP contribution in [0.1, 0.15) is 158 Å². The Balaban J connectivity index is 1.89. The number of hydrogen-bond acceptors (Lipinski definition) is 5. The highest BCUT2D eigenvalue weighted by atomic mass is 16.5. The number of amides is 1. The van der Waals surface area contributed by atoms with Gasteiger partial charge in [0.15, 0.2) is 11.5 Å². The second kappa shape index (κ2) is 24.9. The van der Waals surface area contributed by atoms with Gasteiger partial charge in [-0.3, -0.25) is 9.59 Å². The van der Waals surface area contributed by atoms with Crippen LogP contribution in [-0.2, 0) is 0 Å². The minimum Gasteiger partial charge on any atom is -0.490 e. The number of benzene rings is 1. The quantitative estimate of drug-likeness (QED) is 0.106. The van der Waals surface area contributed by atoms with E-state index in [9.17, 15) is 9.59 Å². The molecule has 248 valence electrons. The number of hydrogen-bond donors (Lipinski definition) is 1. The van der Waals surface area contributed by atoms with Crippen molar-refractivity contribution < 1.29 is 14.3 Å². The highest BCUT2D eigenvalue weighted by Crippen LogP contribution is 2.29. The fraction of sp³-hybridized carbons (Fsp3) is 0.615. The van der Waals surface area contributed by atoms with Crippen LogP contribution in [0.2, 0.25) is 0 Å². The second-order valence-corrected chi connectivity index (χ2v) is 12.2. The van der Waals surface area contributed by atoms with Crippen molar-refractivity contribution in [2.45, 2.75) is 142 Å². The fourth-order valence-corrected chi connectivity index (χ4v) is 5.36. The lowest BCUT2D eigenvalue weighted by atomic mass is 10.1. The first-order valence-corrected chi connectivity index (χ1v) is 17.8. The Kier molecular flexibility index (Phi) is 21.0. The molecule has 2 aromatic carbocycles. The Hall–Kier alpha value is -3.33. The predicted molar refractivity (Wildman–Crippen MR) is 187 cm³/mol. The zero-order chi connectivity index (χ0) is 32.4. The summed E-state index contributed by atoms with van der Waals surface area (Å²) in [5, 5.41) is 11.8. The molecule has 0 aliphatic heterocycles. The zero-order valence-corrected chi connectivity index (χ0v) is 28.2. The Morgan fingerprint density at radius 3 is 1.60 bits per heavy atom. The van der Waals surface area contributed by atoms with Crippen LogP contribution in [-0.4, -0.2) is 19.1 Å². The Morgan fingerprint density at radius 2 is 1.09 bits per heavy atom. The molecule has 45 heavy (non-hydrogen) atoms. The third kappa shape index (κ3) is 17.1. The molecule has 0 fully saturated rings. The summed E-state index contributed by atoms with van der Waals surface area (Å²) >= 11 is 0. The molecule has 0 spiro atoms. The van der Waals surface area contributed by atoms with Crippen LogP contribution in [0.15, 0.2) is 47.3 Å². The van der Waals surface area contributed by atoms with E-state index in [1.54, 1.807) is 18.2 Å². The van der Waals surface area contributed by atoms with E-state index in [1.165, 1.54) is 127 Å². The first-order chi connectivity index (χ1) is 22.1. The molecule has 0 radical (unpaired) electrons. The van der Waals surface area contributed by atoms with E-state index >= 15 is 0 Å². The van der Waals surface area contributed by atoms with Crippen LogP contribution in [0.4, 0.5) is 5.69 Å². The largest absolute Gasteiger partial charge is 0.490 e. The van der Waals surface area contributed by atoms with E-state index in [4.69, 9.17) is 14.7 Å². The molecule has 0 unspecified atom stereocenters. The SMILES string of the molecule is CCCCCCCCCCCCOc1ccc(C(=O)Nc2ccc(C#N)ccc2=O)cc1OCCCCCCCCCCCC. The molecule has 6 heteroatoms. The minimum atomic E-state index is -0.415. The zero-order valence-electron chi connectivity index (χ0n) is 28.2. The van der Waals surface area contributed by atoms with Crippen LogP contribution in [0.25, 0.3) is 0 Å². The molecule has 0 aliphatic rings. The monoisotopic (exact) mass is 618 g/mol. The molecule has 0 heterocycles. The topological polar surface area (TPSA) is 88.4 Å². The maximum atomic E-state index is 13.1. The number of anilines is 1. The summed E-state index contributed by atoms with van der Waals surface area (Å²) in [5.41, 5.74) is 0.485. The Bertz CT molecular complexity index is 1190. The fourth-order valence-electron chi connectivity index (χ4n) is 5.36. The van der Waals surface area contributed by atoms with E-state index in [1.807, 2.05) is 6.07 Å². The summed E-state index contributed by atoms with van der Waals surface area (Å²) in [5.74, 6) is 0.782. The smallest absolute Gasteiger partial charge is 0.255 e. The Morgan fingerprint density at radius 1 is 0.622 bits per heavy atom. The van der Waals surface area contributed by atoms with Crippen molar-refractivity contribution in [2.24, 2.45) is 0 Å². The lowest BCUT2D eigenvalue weighted by molar-refractivity contribution is 0.102. The maximum Gasteiger partial charge on any atom is 0.255 e. The number of unbranched alkanes of at least 4 members (excludes halogenated alkanes) is 18. The minimum absolute atomic E-state index is 0.121. The molecule has 0 bridgehead atoms. The van der Waals surface area contributed by atoms with Crippen molar-refractivity contribution in [3.8, 4) is 17.6 Å². The van der Waals surface area contributed by atoms with Gasteiger partial charge < -0.3 is 14.8 Å². The van der Waals surface area contributed by atoms with Crippen molar-refractivity contribution >= 4 is 11.6 Å². The highest BCUT2D eigenvalue weighted by molar-refractivity contribution is 6.04. The summed E-state index contributed by atoms with van der Waals surface area (Å²) < 4.78 is 12.3. The average Bonchev–Trinajstić information content (AvgIpc) is 3.23. The van der Waals surface area contributed by atoms with Gasteiger partial charge in [-0.05, 0) is 55.3 Å². The van der Waals surface area contributed by atoms with Crippen LogP contribution >= 0.6 is 0 Å². The molecule has 0 aromatic heterocycles. The van der Waals surface area contributed by atoms with E-state index in [2.05, 4.69) is 19.2 Å². The van der Waals surface area contributed by atoms with Crippen LogP contribution in [0, 0.1) is 11.3 Å². The molecule has 0 aliphatic carbocycles. The first kappa shape index (κ1) is 37.9. The first-order valence-electron chi connectivity index (χ1n) is 17.8. The van der Waals surface area contributed by atoms with E-state index < -0.39 is 5.91 Å². The van der Waals surface area contributed by atoms with Gasteiger partial charge in [0.2, 0.25) is 5.43 Å². The predicted octanol–water partition coefficient (Wildman–Crippen LogP) is 10.8. The van der Waals surface area contributed by atoms with Gasteiger partial charge in [-0.15, -0.1) is 0 Å². The van der Waals surface area contributed by atoms with Crippen LogP contribution in [0.3, 0.4) is 0 Å². The van der Waals surface area contributed by atoms with Gasteiger partial charge in [-0.25, -0.2) is 0 Å². The van der Waals surface area contributed by atoms with E-state index in [0.717, 1.165) is 25.7 Å². The molecule has 1 N–H and O–H groups in total. The summed E-state index contributed by atoms with van der Waals surface area (Å²) in [6.45, 7) is 5.68. The molecule has 1 amide bonds. The number of nitrogens with one attached hydrogen (secondary N) is 1. The molecular weight excluding hydrogens is 560 g/mol. The number of rotatable bonds is 26. The van der Waals surface area contributed by atoms with Crippen molar-refractivity contribution in [3.05, 3.63) is 63.8 Å². The second-order valence-electron chi connectivity index (χ2n) is 12.2. The summed E-state index contributed by atoms with van der Waals surface area (Å²) in [6, 6.07) is 12.9. The van der Waals surface area contributed by atoms with Crippen LogP contribution in [0.5, 0.6) is 11.5 Å². The van der Waals surface area contributed by atoms with Gasteiger partial charge in [0.1, 0.15) is 0 Å². The number of carbonyl (C=O) groups excluding carboxylic acids is 1. The average molecular weight is 619 g/mol. The van der Waals surface area contributed by atoms with Crippen molar-refractivity contribution in [2.75, 3.05) is 18.5 Å². The number of nitrogens with zero attached hydrogens (tertiary/aromatic N) is 1. The lowest BCUT2D eigenvalue weighted by Gasteiger charge is -2.14. The normalized spacial score (nSPS) is 10.8. The summed E-state index contributed by atoms with van der Waals surface area (Å²) in [4.78, 5) is 25.5. The van der Waals surface area contributed by atoms with Gasteiger partial charge in [0, 0.05) is 5.56 Å². The van der Waals surface area contributed by atoms with Crippen molar-refractivity contribution in [1.82, 2.24) is 0 Å². The van der Waals surface area contributed by atoms with E-state index in [0.29, 0.717) is 35.8 Å². The van der Waals surface area contributed by atoms with Gasteiger partial charge in [-0.2, -0.15) is 5.26 Å². The Labute approximate surface area is 272 Å². The van der Waals surface area contributed by atoms with Gasteiger partial charge in [-0.1, -0.05) is 129 Å². The molecule has 2 rings (SSSR count). The highest BCUT2D eigenvalue weighted by Gasteiger charge is 2.13.